The lowest BCUT2D eigenvalue weighted by Crippen LogP contribution is -1.95. The second-order valence-corrected chi connectivity index (χ2v) is 13.0. The van der Waals surface area contributed by atoms with Gasteiger partial charge < -0.3 is 9.13 Å². The Hall–Kier alpha value is -6.64. The highest BCUT2D eigenvalue weighted by molar-refractivity contribution is 6.29. The fraction of sp³-hybridized carbons (Fsp3) is 0. The Morgan fingerprint density at radius 2 is 0.700 bits per heavy atom. The fourth-order valence-corrected chi connectivity index (χ4v) is 7.82. The highest BCUT2D eigenvalue weighted by Gasteiger charge is 2.21. The van der Waals surface area contributed by atoms with E-state index in [-0.39, 0.29) is 0 Å². The predicted octanol–water partition coefficient (Wildman–Crippen LogP) is 12.9. The summed E-state index contributed by atoms with van der Waals surface area (Å²) in [5, 5.41) is 5.06. The molecule has 2 heterocycles. The number of hydrogen-bond acceptors (Lipinski definition) is 0. The monoisotopic (exact) mass is 636 g/mol. The minimum absolute atomic E-state index is 1.15. The largest absolute Gasteiger partial charge is 0.309 e. The van der Waals surface area contributed by atoms with Crippen molar-refractivity contribution in [1.82, 2.24) is 9.13 Å². The average molecular weight is 637 g/mol. The zero-order valence-electron chi connectivity index (χ0n) is 27.4. The lowest BCUT2D eigenvalue weighted by atomic mass is 10.0. The normalized spacial score (nSPS) is 11.6. The van der Waals surface area contributed by atoms with Crippen LogP contribution in [0.25, 0.3) is 88.4 Å². The van der Waals surface area contributed by atoms with Gasteiger partial charge in [-0.15, -0.1) is 0 Å². The van der Waals surface area contributed by atoms with Crippen molar-refractivity contribution in [2.75, 3.05) is 0 Å². The molecule has 0 N–H and O–H groups in total. The molecule has 2 nitrogen and oxygen atoms in total. The van der Waals surface area contributed by atoms with E-state index in [0.29, 0.717) is 0 Å². The first-order chi connectivity index (χ1) is 24.8. The van der Waals surface area contributed by atoms with E-state index in [2.05, 4.69) is 203 Å². The molecule has 2 aromatic heterocycles. The summed E-state index contributed by atoms with van der Waals surface area (Å²) >= 11 is 0. The van der Waals surface area contributed by atoms with Gasteiger partial charge in [-0.05, 0) is 81.9 Å². The molecule has 0 spiro atoms. The number of benzene rings is 8. The number of rotatable bonds is 5. The van der Waals surface area contributed by atoms with Gasteiger partial charge in [0.25, 0.3) is 0 Å². The summed E-state index contributed by atoms with van der Waals surface area (Å²) in [5.74, 6) is 0. The summed E-state index contributed by atoms with van der Waals surface area (Å²) in [4.78, 5) is 0. The minimum atomic E-state index is 1.15. The molecule has 0 saturated carbocycles. The van der Waals surface area contributed by atoms with Crippen LogP contribution in [-0.2, 0) is 0 Å². The first-order valence-electron chi connectivity index (χ1n) is 17.2. The van der Waals surface area contributed by atoms with Crippen LogP contribution in [0.4, 0.5) is 0 Å². The van der Waals surface area contributed by atoms with E-state index in [1.807, 2.05) is 0 Å². The summed E-state index contributed by atoms with van der Waals surface area (Å²) in [6.45, 7) is 0. The minimum Gasteiger partial charge on any atom is -0.309 e. The molecule has 234 valence electrons. The van der Waals surface area contributed by atoms with Gasteiger partial charge in [-0.3, -0.25) is 0 Å². The molecule has 50 heavy (non-hydrogen) atoms. The van der Waals surface area contributed by atoms with Crippen LogP contribution in [0.15, 0.2) is 194 Å². The van der Waals surface area contributed by atoms with E-state index in [0.717, 1.165) is 11.4 Å². The number of nitrogens with zero attached hydrogens (tertiary/aromatic N) is 2. The van der Waals surface area contributed by atoms with Gasteiger partial charge in [-0.25, -0.2) is 0 Å². The smallest absolute Gasteiger partial charge is 0.0548 e. The van der Waals surface area contributed by atoms with Crippen LogP contribution in [-0.4, -0.2) is 9.13 Å². The third kappa shape index (κ3) is 4.50. The Labute approximate surface area is 290 Å². The highest BCUT2D eigenvalue weighted by atomic mass is 15.0. The molecule has 0 fully saturated rings. The summed E-state index contributed by atoms with van der Waals surface area (Å²) in [6.07, 6.45) is 0. The first-order valence-corrected chi connectivity index (χ1v) is 17.2. The Kier molecular flexibility index (Phi) is 6.53. The molecule has 0 atom stereocenters. The number of fused-ring (bicyclic) bond motifs is 7. The van der Waals surface area contributed by atoms with Crippen molar-refractivity contribution in [3.63, 3.8) is 0 Å². The second kappa shape index (κ2) is 11.5. The topological polar surface area (TPSA) is 9.86 Å². The maximum atomic E-state index is 2.45. The summed E-state index contributed by atoms with van der Waals surface area (Å²) in [6, 6.07) is 70.3. The maximum absolute atomic E-state index is 2.45. The van der Waals surface area contributed by atoms with E-state index in [9.17, 15) is 0 Å². The maximum Gasteiger partial charge on any atom is 0.0548 e. The number of para-hydroxylation sites is 1. The zero-order chi connectivity index (χ0) is 33.0. The second-order valence-electron chi connectivity index (χ2n) is 13.0. The molecule has 0 radical (unpaired) electrons. The standard InChI is InChI=1S/C48H32N2/c1-4-13-33(14-5-1)36-23-26-39(27-24-36)49-44-29-30-45-47(48(44)42-28-25-38(32-46(42)49)35-17-8-3-9-18-35)41-21-10-11-22-43(41)50(45)40-20-12-19-37(31-40)34-15-6-2-7-16-34/h1-32H. The molecule has 10 aromatic rings. The van der Waals surface area contributed by atoms with Crippen LogP contribution in [0.1, 0.15) is 0 Å². The van der Waals surface area contributed by atoms with Gasteiger partial charge in [0.05, 0.1) is 22.1 Å². The molecule has 0 aliphatic heterocycles. The van der Waals surface area contributed by atoms with E-state index in [4.69, 9.17) is 0 Å². The van der Waals surface area contributed by atoms with Gasteiger partial charge >= 0.3 is 0 Å². The first kappa shape index (κ1) is 28.4. The molecular weight excluding hydrogens is 605 g/mol. The molecule has 0 amide bonds. The van der Waals surface area contributed by atoms with Crippen LogP contribution in [0.2, 0.25) is 0 Å². The predicted molar refractivity (Wildman–Crippen MR) is 211 cm³/mol. The van der Waals surface area contributed by atoms with E-state index in [1.54, 1.807) is 0 Å². The van der Waals surface area contributed by atoms with Crippen molar-refractivity contribution in [2.45, 2.75) is 0 Å². The van der Waals surface area contributed by atoms with Gasteiger partial charge in [0.15, 0.2) is 0 Å². The van der Waals surface area contributed by atoms with Crippen LogP contribution in [0, 0.1) is 0 Å². The third-order valence-corrected chi connectivity index (χ3v) is 10.1. The summed E-state index contributed by atoms with van der Waals surface area (Å²) in [5.41, 5.74) is 14.4. The van der Waals surface area contributed by atoms with Crippen LogP contribution in [0.5, 0.6) is 0 Å². The lowest BCUT2D eigenvalue weighted by molar-refractivity contribution is 1.17. The van der Waals surface area contributed by atoms with E-state index in [1.165, 1.54) is 77.0 Å². The highest BCUT2D eigenvalue weighted by Crippen LogP contribution is 2.43. The summed E-state index contributed by atoms with van der Waals surface area (Å²) in [7, 11) is 0. The van der Waals surface area contributed by atoms with Crippen LogP contribution in [0.3, 0.4) is 0 Å². The molecule has 8 aromatic carbocycles. The van der Waals surface area contributed by atoms with Crippen molar-refractivity contribution in [3.8, 4) is 44.8 Å². The quantitative estimate of drug-likeness (QED) is 0.178. The van der Waals surface area contributed by atoms with Gasteiger partial charge in [0, 0.05) is 32.9 Å². The van der Waals surface area contributed by atoms with Crippen molar-refractivity contribution in [3.05, 3.63) is 194 Å². The Morgan fingerprint density at radius 1 is 0.240 bits per heavy atom. The molecule has 0 bridgehead atoms. The van der Waals surface area contributed by atoms with E-state index < -0.39 is 0 Å². The van der Waals surface area contributed by atoms with Crippen LogP contribution >= 0.6 is 0 Å². The molecule has 0 aliphatic carbocycles. The molecule has 0 aliphatic rings. The molecule has 2 heteroatoms. The number of aromatic nitrogens is 2. The van der Waals surface area contributed by atoms with Gasteiger partial charge in [-0.1, -0.05) is 146 Å². The van der Waals surface area contributed by atoms with Gasteiger partial charge in [0.1, 0.15) is 0 Å². The fourth-order valence-electron chi connectivity index (χ4n) is 7.82. The molecular formula is C48H32N2. The molecule has 0 saturated heterocycles. The third-order valence-electron chi connectivity index (χ3n) is 10.1. The Bertz CT molecular complexity index is 2820. The zero-order valence-corrected chi connectivity index (χ0v) is 27.4. The van der Waals surface area contributed by atoms with Crippen molar-refractivity contribution in [2.24, 2.45) is 0 Å². The van der Waals surface area contributed by atoms with Crippen LogP contribution < -0.4 is 0 Å². The van der Waals surface area contributed by atoms with Crippen molar-refractivity contribution < 1.29 is 0 Å². The van der Waals surface area contributed by atoms with E-state index >= 15 is 0 Å². The SMILES string of the molecule is c1ccc(-c2ccc(-n3c4cc(-c5ccccc5)ccc4c4c5c6ccccc6n(-c6cccc(-c7ccccc7)c6)c5ccc43)cc2)cc1. The van der Waals surface area contributed by atoms with Crippen molar-refractivity contribution in [1.29, 1.82) is 0 Å². The Morgan fingerprint density at radius 3 is 1.34 bits per heavy atom. The Balaban J connectivity index is 1.27. The molecule has 0 unspecified atom stereocenters. The van der Waals surface area contributed by atoms with Gasteiger partial charge in [0.2, 0.25) is 0 Å². The summed E-state index contributed by atoms with van der Waals surface area (Å²) < 4.78 is 4.89. The average Bonchev–Trinajstić information content (AvgIpc) is 3.71. The van der Waals surface area contributed by atoms with Crippen molar-refractivity contribution >= 4 is 43.6 Å². The number of hydrogen-bond donors (Lipinski definition) is 0. The van der Waals surface area contributed by atoms with Gasteiger partial charge in [-0.2, -0.15) is 0 Å². The lowest BCUT2D eigenvalue weighted by Gasteiger charge is -2.11. The molecule has 10 rings (SSSR count).